The molecule has 2 aromatic rings. The summed E-state index contributed by atoms with van der Waals surface area (Å²) in [7, 11) is 1.34. The first kappa shape index (κ1) is 16.5. The zero-order valence-corrected chi connectivity index (χ0v) is 14.2. The molecule has 1 aliphatic carbocycles. The summed E-state index contributed by atoms with van der Waals surface area (Å²) in [5.41, 5.74) is 2.24. The number of aryl methyl sites for hydroxylation is 1. The first-order valence-electron chi connectivity index (χ1n) is 8.08. The van der Waals surface area contributed by atoms with Crippen molar-refractivity contribution in [3.05, 3.63) is 46.7 Å². The van der Waals surface area contributed by atoms with Gasteiger partial charge in [-0.25, -0.2) is 4.79 Å². The number of aromatic amines is 1. The number of aromatic nitrogens is 1. The fourth-order valence-corrected chi connectivity index (χ4v) is 3.06. The highest BCUT2D eigenvalue weighted by atomic mass is 16.5. The number of methoxy groups -OCH3 is 1. The molecule has 1 fully saturated rings. The number of carbonyl (C=O) groups is 2. The molecule has 6 nitrogen and oxygen atoms in total. The van der Waals surface area contributed by atoms with Crippen LogP contribution in [0.4, 0.5) is 0 Å². The Morgan fingerprint density at radius 2 is 2.12 bits per heavy atom. The molecular formula is C18H22N2O4. The second-order valence-electron chi connectivity index (χ2n) is 6.26. The highest BCUT2D eigenvalue weighted by Crippen LogP contribution is 2.29. The van der Waals surface area contributed by atoms with Gasteiger partial charge in [0.05, 0.1) is 37.7 Å². The third-order valence-corrected chi connectivity index (χ3v) is 4.45. The minimum Gasteiger partial charge on any atom is -0.468 e. The predicted octanol–water partition coefficient (Wildman–Crippen LogP) is 2.86. The van der Waals surface area contributed by atoms with Gasteiger partial charge < -0.3 is 14.1 Å². The van der Waals surface area contributed by atoms with Gasteiger partial charge in [-0.2, -0.15) is 0 Å². The molecule has 0 radical (unpaired) electrons. The van der Waals surface area contributed by atoms with Crippen molar-refractivity contribution in [2.24, 2.45) is 0 Å². The number of nitrogens with one attached hydrogen (secondary N) is 1. The summed E-state index contributed by atoms with van der Waals surface area (Å²) in [4.78, 5) is 29.8. The minimum atomic E-state index is -0.421. The van der Waals surface area contributed by atoms with Gasteiger partial charge in [-0.1, -0.05) is 0 Å². The highest BCUT2D eigenvalue weighted by Gasteiger charge is 2.32. The van der Waals surface area contributed by atoms with Gasteiger partial charge in [0.1, 0.15) is 5.76 Å². The van der Waals surface area contributed by atoms with Crippen molar-refractivity contribution in [1.82, 2.24) is 9.88 Å². The van der Waals surface area contributed by atoms with Crippen LogP contribution in [0.15, 0.2) is 22.8 Å². The molecular weight excluding hydrogens is 308 g/mol. The van der Waals surface area contributed by atoms with E-state index >= 15 is 0 Å². The van der Waals surface area contributed by atoms with E-state index in [1.54, 1.807) is 20.1 Å². The van der Waals surface area contributed by atoms with E-state index in [9.17, 15) is 9.59 Å². The molecule has 2 aromatic heterocycles. The van der Waals surface area contributed by atoms with Crippen LogP contribution >= 0.6 is 0 Å². The zero-order chi connectivity index (χ0) is 17.3. The number of carbonyl (C=O) groups excluding carboxylic acids is 2. The number of hydrogen-bond acceptors (Lipinski definition) is 5. The lowest BCUT2D eigenvalue weighted by Gasteiger charge is -2.19. The number of furan rings is 1. The molecule has 0 aliphatic heterocycles. The molecule has 0 atom stereocenters. The van der Waals surface area contributed by atoms with E-state index in [0.29, 0.717) is 41.6 Å². The Bertz CT molecular complexity index is 741. The summed E-state index contributed by atoms with van der Waals surface area (Å²) in [6.07, 6.45) is 3.84. The van der Waals surface area contributed by atoms with Gasteiger partial charge in [-0.05, 0) is 44.4 Å². The molecule has 0 amide bonds. The number of ketones is 1. The maximum Gasteiger partial charge on any atom is 0.339 e. The Balaban J connectivity index is 1.77. The molecule has 0 unspecified atom stereocenters. The number of nitrogens with zero attached hydrogens (tertiary/aromatic N) is 1. The van der Waals surface area contributed by atoms with Crippen LogP contribution < -0.4 is 0 Å². The lowest BCUT2D eigenvalue weighted by molar-refractivity contribution is 0.0599. The summed E-state index contributed by atoms with van der Waals surface area (Å²) in [6, 6.07) is 4.19. The van der Waals surface area contributed by atoms with Crippen molar-refractivity contribution in [3.63, 3.8) is 0 Å². The Hall–Kier alpha value is -2.34. The molecule has 0 saturated heterocycles. The van der Waals surface area contributed by atoms with Gasteiger partial charge in [-0.3, -0.25) is 9.69 Å². The highest BCUT2D eigenvalue weighted by molar-refractivity contribution is 6.02. The number of Topliss-reactive ketones (excluding diaryl/α,β-unsaturated/α-hetero) is 1. The van der Waals surface area contributed by atoms with Crippen molar-refractivity contribution >= 4 is 11.8 Å². The van der Waals surface area contributed by atoms with Crippen LogP contribution in [0.25, 0.3) is 0 Å². The van der Waals surface area contributed by atoms with E-state index in [2.05, 4.69) is 9.88 Å². The molecule has 1 aliphatic rings. The molecule has 3 rings (SSSR count). The molecule has 0 bridgehead atoms. The Morgan fingerprint density at radius 1 is 1.38 bits per heavy atom. The topological polar surface area (TPSA) is 75.5 Å². The van der Waals surface area contributed by atoms with Gasteiger partial charge in [0.2, 0.25) is 0 Å². The lowest BCUT2D eigenvalue weighted by Crippen LogP contribution is -2.31. The second-order valence-corrected chi connectivity index (χ2v) is 6.26. The number of rotatable bonds is 7. The molecule has 0 aromatic carbocycles. The predicted molar refractivity (Wildman–Crippen MR) is 88.1 cm³/mol. The molecule has 0 spiro atoms. The maximum atomic E-state index is 12.8. The number of ether oxygens (including phenoxy) is 1. The van der Waals surface area contributed by atoms with Crippen LogP contribution in [0.2, 0.25) is 0 Å². The van der Waals surface area contributed by atoms with Gasteiger partial charge in [0, 0.05) is 11.7 Å². The fourth-order valence-electron chi connectivity index (χ4n) is 3.06. The van der Waals surface area contributed by atoms with Crippen LogP contribution in [0.5, 0.6) is 0 Å². The average molecular weight is 330 g/mol. The minimum absolute atomic E-state index is 0.0239. The van der Waals surface area contributed by atoms with Crippen molar-refractivity contribution in [2.75, 3.05) is 13.7 Å². The number of hydrogen-bond donors (Lipinski definition) is 1. The summed E-state index contributed by atoms with van der Waals surface area (Å²) < 4.78 is 10.2. The fraction of sp³-hybridized carbons (Fsp3) is 0.444. The van der Waals surface area contributed by atoms with Crippen molar-refractivity contribution in [2.45, 2.75) is 39.3 Å². The molecule has 128 valence electrons. The van der Waals surface area contributed by atoms with E-state index in [1.807, 2.05) is 12.1 Å². The van der Waals surface area contributed by atoms with E-state index in [0.717, 1.165) is 18.6 Å². The van der Waals surface area contributed by atoms with E-state index in [4.69, 9.17) is 9.15 Å². The normalized spacial score (nSPS) is 14.2. The van der Waals surface area contributed by atoms with Gasteiger partial charge >= 0.3 is 5.97 Å². The monoisotopic (exact) mass is 330 g/mol. The first-order valence-corrected chi connectivity index (χ1v) is 8.08. The Kier molecular flexibility index (Phi) is 4.57. The summed E-state index contributed by atoms with van der Waals surface area (Å²) >= 11 is 0. The van der Waals surface area contributed by atoms with Crippen LogP contribution in [-0.4, -0.2) is 41.3 Å². The van der Waals surface area contributed by atoms with Crippen molar-refractivity contribution in [1.29, 1.82) is 0 Å². The largest absolute Gasteiger partial charge is 0.468 e. The summed E-state index contributed by atoms with van der Waals surface area (Å²) in [6.45, 7) is 4.47. The van der Waals surface area contributed by atoms with Gasteiger partial charge in [0.15, 0.2) is 5.78 Å². The third-order valence-electron chi connectivity index (χ3n) is 4.45. The van der Waals surface area contributed by atoms with E-state index < -0.39 is 5.97 Å². The smallest absolute Gasteiger partial charge is 0.339 e. The van der Waals surface area contributed by atoms with E-state index in [-0.39, 0.29) is 5.78 Å². The first-order chi connectivity index (χ1) is 11.5. The lowest BCUT2D eigenvalue weighted by atomic mass is 10.1. The molecule has 1 saturated carbocycles. The molecule has 6 heteroatoms. The molecule has 1 N–H and O–H groups in total. The summed E-state index contributed by atoms with van der Waals surface area (Å²) in [5.74, 6) is 0.406. The number of H-pyrrole nitrogens is 1. The SMILES string of the molecule is COC(=O)c1c(C)[nH]c(C(=O)CN(Cc2ccco2)C2CC2)c1C. The maximum absolute atomic E-state index is 12.8. The Morgan fingerprint density at radius 3 is 2.71 bits per heavy atom. The van der Waals surface area contributed by atoms with Crippen molar-refractivity contribution in [3.8, 4) is 0 Å². The molecule has 2 heterocycles. The van der Waals surface area contributed by atoms with E-state index in [1.165, 1.54) is 7.11 Å². The van der Waals surface area contributed by atoms with Crippen LogP contribution in [0.3, 0.4) is 0 Å². The average Bonchev–Trinajstić information content (AvgIpc) is 3.20. The molecule has 24 heavy (non-hydrogen) atoms. The van der Waals surface area contributed by atoms with Crippen LogP contribution in [0, 0.1) is 13.8 Å². The van der Waals surface area contributed by atoms with Crippen LogP contribution in [-0.2, 0) is 11.3 Å². The summed E-state index contributed by atoms with van der Waals surface area (Å²) in [5, 5.41) is 0. The van der Waals surface area contributed by atoms with Crippen molar-refractivity contribution < 1.29 is 18.7 Å². The Labute approximate surface area is 140 Å². The number of esters is 1. The standard InChI is InChI=1S/C18H22N2O4/c1-11-16(18(22)23-3)12(2)19-17(11)15(21)10-20(13-6-7-13)9-14-5-4-8-24-14/h4-5,8,13,19H,6-7,9-10H2,1-3H3. The zero-order valence-electron chi connectivity index (χ0n) is 14.2. The quantitative estimate of drug-likeness (QED) is 0.624. The second kappa shape index (κ2) is 6.65. The van der Waals surface area contributed by atoms with Gasteiger partial charge in [0.25, 0.3) is 0 Å². The van der Waals surface area contributed by atoms with Gasteiger partial charge in [-0.15, -0.1) is 0 Å². The third kappa shape index (κ3) is 3.28. The van der Waals surface area contributed by atoms with Crippen LogP contribution in [0.1, 0.15) is 50.7 Å².